The van der Waals surface area contributed by atoms with Crippen molar-refractivity contribution in [1.82, 2.24) is 4.90 Å². The third kappa shape index (κ3) is 9.12. The minimum atomic E-state index is -3.47. The minimum Gasteiger partial charge on any atom is -0.379 e. The fourth-order valence-corrected chi connectivity index (χ4v) is 6.12. The predicted octanol–water partition coefficient (Wildman–Crippen LogP) is 5.09. The number of rotatable bonds is 15. The summed E-state index contributed by atoms with van der Waals surface area (Å²) in [6.45, 7) is 4.00. The third-order valence-corrected chi connectivity index (χ3v) is 8.31. The number of benzene rings is 2. The molecule has 2 aromatic rings. The van der Waals surface area contributed by atoms with E-state index in [0.717, 1.165) is 29.8 Å². The van der Waals surface area contributed by atoms with Gasteiger partial charge >= 0.3 is 0 Å². The van der Waals surface area contributed by atoms with Crippen LogP contribution < -0.4 is 0 Å². The maximum Gasteiger partial charge on any atom is 0.178 e. The van der Waals surface area contributed by atoms with E-state index in [0.29, 0.717) is 67.5 Å². The van der Waals surface area contributed by atoms with Gasteiger partial charge in [-0.2, -0.15) is 0 Å². The maximum atomic E-state index is 13.0. The normalized spacial score (nSPS) is 15.8. The fourth-order valence-electron chi connectivity index (χ4n) is 4.22. The van der Waals surface area contributed by atoms with E-state index in [1.54, 1.807) is 24.3 Å². The number of hydrogen-bond donors (Lipinski definition) is 0. The summed E-state index contributed by atoms with van der Waals surface area (Å²) in [5.74, 6) is -0.0327. The lowest BCUT2D eigenvalue weighted by Crippen LogP contribution is -2.31. The van der Waals surface area contributed by atoms with Crippen molar-refractivity contribution in [1.29, 1.82) is 0 Å². The van der Waals surface area contributed by atoms with Crippen LogP contribution in [0.2, 0.25) is 10.0 Å². The highest BCUT2D eigenvalue weighted by atomic mass is 35.5. The van der Waals surface area contributed by atoms with Crippen LogP contribution in [-0.2, 0) is 30.6 Å². The molecule has 0 amide bonds. The number of fused-ring (bicyclic) bond motifs is 1. The molecule has 9 nitrogen and oxygen atoms in total. The highest BCUT2D eigenvalue weighted by molar-refractivity contribution is 7.91. The molecule has 0 aliphatic carbocycles. The van der Waals surface area contributed by atoms with Gasteiger partial charge in [0, 0.05) is 47.1 Å². The zero-order valence-corrected chi connectivity index (χ0v) is 23.1. The quantitative estimate of drug-likeness (QED) is 0.127. The smallest absolute Gasteiger partial charge is 0.178 e. The van der Waals surface area contributed by atoms with E-state index < -0.39 is 9.84 Å². The molecule has 0 spiro atoms. The zero-order chi connectivity index (χ0) is 26.7. The van der Waals surface area contributed by atoms with Crippen LogP contribution in [-0.4, -0.2) is 78.8 Å². The second-order valence-corrected chi connectivity index (χ2v) is 11.7. The van der Waals surface area contributed by atoms with Crippen molar-refractivity contribution in [2.45, 2.75) is 23.8 Å². The highest BCUT2D eigenvalue weighted by Gasteiger charge is 2.28. The predicted molar refractivity (Wildman–Crippen MR) is 144 cm³/mol. The van der Waals surface area contributed by atoms with Gasteiger partial charge in [-0.25, -0.2) is 8.42 Å². The summed E-state index contributed by atoms with van der Waals surface area (Å²) in [6.07, 6.45) is 0.384. The van der Waals surface area contributed by atoms with Crippen molar-refractivity contribution < 1.29 is 22.6 Å². The molecule has 1 atom stereocenters. The molecule has 0 fully saturated rings. The van der Waals surface area contributed by atoms with Crippen molar-refractivity contribution in [2.75, 3.05) is 65.5 Å². The van der Waals surface area contributed by atoms with E-state index in [2.05, 4.69) is 14.9 Å². The Labute approximate surface area is 228 Å². The van der Waals surface area contributed by atoms with Crippen LogP contribution in [0.25, 0.3) is 10.4 Å². The first-order chi connectivity index (χ1) is 17.8. The van der Waals surface area contributed by atoms with Gasteiger partial charge in [0.2, 0.25) is 0 Å². The number of likely N-dealkylation sites (N-methyl/N-ethyl adjacent to an activating group) is 1. The molecule has 1 aliphatic rings. The van der Waals surface area contributed by atoms with Crippen LogP contribution in [0.1, 0.15) is 29.0 Å². The maximum absolute atomic E-state index is 13.0. The topological polar surface area (TPSA) is 114 Å². The fraction of sp³-hybridized carbons (Fsp3) is 0.520. The van der Waals surface area contributed by atoms with Gasteiger partial charge in [-0.05, 0) is 60.0 Å². The number of sulfone groups is 1. The lowest BCUT2D eigenvalue weighted by molar-refractivity contribution is 0.0162. The number of hydrogen-bond acceptors (Lipinski definition) is 7. The molecule has 3 rings (SSSR count). The first-order valence-electron chi connectivity index (χ1n) is 12.0. The van der Waals surface area contributed by atoms with Crippen LogP contribution in [0.4, 0.5) is 0 Å². The summed E-state index contributed by atoms with van der Waals surface area (Å²) >= 11 is 12.8. The van der Waals surface area contributed by atoms with E-state index in [9.17, 15) is 8.42 Å². The molecule has 1 aliphatic heterocycles. The summed E-state index contributed by atoms with van der Waals surface area (Å²) in [5, 5.41) is 4.57. The Bertz CT molecular complexity index is 1190. The van der Waals surface area contributed by atoms with Crippen molar-refractivity contribution in [3.05, 3.63) is 73.6 Å². The Morgan fingerprint density at radius 2 is 1.76 bits per heavy atom. The second kappa shape index (κ2) is 14.9. The van der Waals surface area contributed by atoms with Gasteiger partial charge in [0.05, 0.1) is 43.7 Å². The number of ether oxygens (including phenoxy) is 3. The summed E-state index contributed by atoms with van der Waals surface area (Å²) < 4.78 is 42.1. The first-order valence-corrected chi connectivity index (χ1v) is 14.5. The van der Waals surface area contributed by atoms with Crippen LogP contribution in [0, 0.1) is 0 Å². The van der Waals surface area contributed by atoms with Crippen molar-refractivity contribution in [3.8, 4) is 0 Å². The van der Waals surface area contributed by atoms with Gasteiger partial charge in [0.15, 0.2) is 9.84 Å². The van der Waals surface area contributed by atoms with E-state index in [-0.39, 0.29) is 11.7 Å². The second-order valence-electron chi connectivity index (χ2n) is 8.74. The molecule has 0 saturated heterocycles. The molecule has 37 heavy (non-hydrogen) atoms. The summed E-state index contributed by atoms with van der Waals surface area (Å²) in [6, 6.07) is 10.8. The molecular weight excluding hydrogens is 539 g/mol. The molecule has 0 saturated carbocycles. The van der Waals surface area contributed by atoms with Gasteiger partial charge < -0.3 is 19.1 Å². The molecule has 202 valence electrons. The average molecular weight is 572 g/mol. The molecule has 1 heterocycles. The molecule has 0 aromatic heterocycles. The first kappa shape index (κ1) is 29.7. The third-order valence-electron chi connectivity index (χ3n) is 5.96. The lowest BCUT2D eigenvalue weighted by Gasteiger charge is -2.33. The van der Waals surface area contributed by atoms with Crippen LogP contribution >= 0.6 is 23.2 Å². The van der Waals surface area contributed by atoms with Crippen LogP contribution in [0.15, 0.2) is 46.4 Å². The Balaban J connectivity index is 1.47. The largest absolute Gasteiger partial charge is 0.379 e. The molecule has 0 bridgehead atoms. The van der Waals surface area contributed by atoms with E-state index in [4.69, 9.17) is 42.9 Å². The number of halogens is 2. The van der Waals surface area contributed by atoms with Gasteiger partial charge in [-0.15, -0.1) is 0 Å². The molecule has 0 N–H and O–H groups in total. The van der Waals surface area contributed by atoms with Crippen molar-refractivity contribution in [2.24, 2.45) is 5.11 Å². The van der Waals surface area contributed by atoms with Gasteiger partial charge in [-0.3, -0.25) is 0 Å². The molecule has 0 unspecified atom stereocenters. The van der Waals surface area contributed by atoms with E-state index in [1.807, 2.05) is 19.2 Å². The van der Waals surface area contributed by atoms with Gasteiger partial charge in [0.1, 0.15) is 0 Å². The zero-order valence-electron chi connectivity index (χ0n) is 20.8. The Morgan fingerprint density at radius 3 is 2.49 bits per heavy atom. The summed E-state index contributed by atoms with van der Waals surface area (Å²) in [5.41, 5.74) is 11.2. The van der Waals surface area contributed by atoms with Crippen LogP contribution in [0.5, 0.6) is 0 Å². The van der Waals surface area contributed by atoms with Crippen molar-refractivity contribution in [3.63, 3.8) is 0 Å². The number of azide groups is 1. The molecule has 2 aromatic carbocycles. The lowest BCUT2D eigenvalue weighted by atomic mass is 9.85. The van der Waals surface area contributed by atoms with Crippen LogP contribution in [0.3, 0.4) is 0 Å². The van der Waals surface area contributed by atoms with E-state index in [1.165, 1.54) is 0 Å². The standard InChI is InChI=1S/C25H32Cl2N4O5S/c1-31-17-23(22-15-20(26)16-25(27)24(22)18-31)19-4-2-5-21(14-19)37(32,33)13-3-7-34-9-11-36-12-10-35-8-6-29-30-28/h2,4-5,14-16,23H,3,6-13,17-18H2,1H3/t23-/m1/s1. The van der Waals surface area contributed by atoms with Crippen molar-refractivity contribution >= 4 is 33.0 Å². The summed E-state index contributed by atoms with van der Waals surface area (Å²) in [4.78, 5) is 5.12. The average Bonchev–Trinajstić information content (AvgIpc) is 2.87. The van der Waals surface area contributed by atoms with E-state index >= 15 is 0 Å². The molecule has 0 radical (unpaired) electrons. The van der Waals surface area contributed by atoms with Gasteiger partial charge in [-0.1, -0.05) is 40.4 Å². The van der Waals surface area contributed by atoms with Gasteiger partial charge in [0.25, 0.3) is 0 Å². The SMILES string of the molecule is CN1Cc2c(Cl)cc(Cl)cc2[C@@H](c2cccc(S(=O)(=O)CCCOCCOCCOCCN=[N+]=[N-])c2)C1. The minimum absolute atomic E-state index is 0.00482. The Kier molecular flexibility index (Phi) is 11.9. The summed E-state index contributed by atoms with van der Waals surface area (Å²) in [7, 11) is -1.44. The number of nitrogens with zero attached hydrogens (tertiary/aromatic N) is 4. The molecular formula is C25H32Cl2N4O5S. The highest BCUT2D eigenvalue weighted by Crippen LogP contribution is 2.38. The Morgan fingerprint density at radius 1 is 1.05 bits per heavy atom. The molecule has 12 heteroatoms. The monoisotopic (exact) mass is 570 g/mol. The Hall–Kier alpha value is -1.88.